The molecule has 0 saturated carbocycles. The Morgan fingerprint density at radius 2 is 1.94 bits per heavy atom. The molecule has 3 aromatic rings. The fourth-order valence-corrected chi connectivity index (χ4v) is 4.53. The van der Waals surface area contributed by atoms with Crippen LogP contribution in [-0.4, -0.2) is 64.9 Å². The minimum atomic E-state index is -0.0774. The largest absolute Gasteiger partial charge is 0.457 e. The zero-order chi connectivity index (χ0) is 23.5. The molecule has 34 heavy (non-hydrogen) atoms. The summed E-state index contributed by atoms with van der Waals surface area (Å²) in [7, 11) is 0. The van der Waals surface area contributed by atoms with Gasteiger partial charge >= 0.3 is 0 Å². The van der Waals surface area contributed by atoms with Crippen molar-refractivity contribution in [3.8, 4) is 11.5 Å². The number of furan rings is 1. The summed E-state index contributed by atoms with van der Waals surface area (Å²) in [5.74, 6) is 1.93. The van der Waals surface area contributed by atoms with Gasteiger partial charge in [-0.05, 0) is 61.0 Å². The highest BCUT2D eigenvalue weighted by Gasteiger charge is 2.24. The van der Waals surface area contributed by atoms with Crippen LogP contribution in [0.2, 0.25) is 0 Å². The van der Waals surface area contributed by atoms with E-state index in [0.717, 1.165) is 56.2 Å². The molecule has 0 aliphatic carbocycles. The van der Waals surface area contributed by atoms with Crippen molar-refractivity contribution in [2.24, 2.45) is 0 Å². The Hall–Kier alpha value is -3.65. The Kier molecular flexibility index (Phi) is 6.31. The summed E-state index contributed by atoms with van der Waals surface area (Å²) in [4.78, 5) is 27.6. The van der Waals surface area contributed by atoms with Crippen molar-refractivity contribution in [3.63, 3.8) is 0 Å². The standard InChI is InChI=1S/C26H30N6O2/c1-3-25(33)32-12-10-19-17-23(34-24(19)18-32)22-9-11-27-26(29-22)28-20-5-7-21(8-6-20)31-15-13-30(4-2)14-16-31/h3,5-9,11,17H,1,4,10,12-16,18H2,2H3,(H,27,28,29). The van der Waals surface area contributed by atoms with Crippen LogP contribution >= 0.6 is 0 Å². The second kappa shape index (κ2) is 9.69. The number of hydrogen-bond donors (Lipinski definition) is 1. The maximum absolute atomic E-state index is 11.9. The van der Waals surface area contributed by atoms with E-state index < -0.39 is 0 Å². The number of nitrogens with zero attached hydrogens (tertiary/aromatic N) is 5. The van der Waals surface area contributed by atoms with Gasteiger partial charge in [0.25, 0.3) is 0 Å². The number of rotatable bonds is 6. The normalized spacial score (nSPS) is 16.3. The van der Waals surface area contributed by atoms with Gasteiger partial charge in [-0.15, -0.1) is 0 Å². The summed E-state index contributed by atoms with van der Waals surface area (Å²) in [6.07, 6.45) is 3.83. The highest BCUT2D eigenvalue weighted by Crippen LogP contribution is 2.29. The lowest BCUT2D eigenvalue weighted by Crippen LogP contribution is -2.46. The highest BCUT2D eigenvalue weighted by molar-refractivity contribution is 5.87. The van der Waals surface area contributed by atoms with Gasteiger partial charge in [-0.2, -0.15) is 0 Å². The Morgan fingerprint density at radius 3 is 2.68 bits per heavy atom. The molecule has 8 nitrogen and oxygen atoms in total. The van der Waals surface area contributed by atoms with Crippen molar-refractivity contribution in [2.75, 3.05) is 49.5 Å². The molecule has 1 fully saturated rings. The van der Waals surface area contributed by atoms with E-state index in [4.69, 9.17) is 4.42 Å². The van der Waals surface area contributed by atoms with Gasteiger partial charge in [0.15, 0.2) is 5.76 Å². The van der Waals surface area contributed by atoms with Crippen molar-refractivity contribution in [1.82, 2.24) is 19.8 Å². The molecular formula is C26H30N6O2. The van der Waals surface area contributed by atoms with E-state index in [1.165, 1.54) is 11.8 Å². The number of carbonyl (C=O) groups is 1. The summed E-state index contributed by atoms with van der Waals surface area (Å²) in [6, 6.07) is 12.3. The smallest absolute Gasteiger partial charge is 0.246 e. The van der Waals surface area contributed by atoms with Crippen molar-refractivity contribution in [2.45, 2.75) is 19.9 Å². The van der Waals surface area contributed by atoms with E-state index in [2.05, 4.69) is 62.9 Å². The number of aromatic nitrogens is 2. The molecule has 4 heterocycles. The third-order valence-corrected chi connectivity index (χ3v) is 6.58. The number of nitrogens with one attached hydrogen (secondary N) is 1. The lowest BCUT2D eigenvalue weighted by Gasteiger charge is -2.35. The summed E-state index contributed by atoms with van der Waals surface area (Å²) in [5, 5.41) is 3.30. The second-order valence-corrected chi connectivity index (χ2v) is 8.63. The van der Waals surface area contributed by atoms with E-state index in [-0.39, 0.29) is 5.91 Å². The lowest BCUT2D eigenvalue weighted by atomic mass is 10.1. The molecule has 0 atom stereocenters. The SMILES string of the molecule is C=CC(=O)N1CCc2cc(-c3ccnc(Nc4ccc(N5CCN(CC)CC5)cc4)n3)oc2C1. The number of benzene rings is 1. The molecule has 1 aromatic carbocycles. The average Bonchev–Trinajstić information content (AvgIpc) is 3.32. The first-order chi connectivity index (χ1) is 16.6. The average molecular weight is 459 g/mol. The van der Waals surface area contributed by atoms with E-state index >= 15 is 0 Å². The second-order valence-electron chi connectivity index (χ2n) is 8.63. The summed E-state index contributed by atoms with van der Waals surface area (Å²) in [6.45, 7) is 12.3. The predicted octanol–water partition coefficient (Wildman–Crippen LogP) is 3.69. The van der Waals surface area contributed by atoms with Gasteiger partial charge in [0.1, 0.15) is 11.5 Å². The monoisotopic (exact) mass is 458 g/mol. The first-order valence-corrected chi connectivity index (χ1v) is 11.8. The number of fused-ring (bicyclic) bond motifs is 1. The molecule has 2 aromatic heterocycles. The predicted molar refractivity (Wildman–Crippen MR) is 133 cm³/mol. The molecule has 0 spiro atoms. The number of likely N-dealkylation sites (N-methyl/N-ethyl adjacent to an activating group) is 1. The molecule has 0 bridgehead atoms. The van der Waals surface area contributed by atoms with Crippen LogP contribution in [0.15, 0.2) is 59.7 Å². The van der Waals surface area contributed by atoms with Crippen LogP contribution in [0.25, 0.3) is 11.5 Å². The van der Waals surface area contributed by atoms with Gasteiger partial charge in [0.2, 0.25) is 11.9 Å². The van der Waals surface area contributed by atoms with E-state index in [0.29, 0.717) is 30.5 Å². The number of piperazine rings is 1. The van der Waals surface area contributed by atoms with Crippen molar-refractivity contribution < 1.29 is 9.21 Å². The lowest BCUT2D eigenvalue weighted by molar-refractivity contribution is -0.127. The number of amides is 1. The van der Waals surface area contributed by atoms with Crippen molar-refractivity contribution in [3.05, 3.63) is 66.6 Å². The Morgan fingerprint density at radius 1 is 1.15 bits per heavy atom. The molecule has 176 valence electrons. The summed E-state index contributed by atoms with van der Waals surface area (Å²) < 4.78 is 6.07. The van der Waals surface area contributed by atoms with Gasteiger partial charge in [-0.3, -0.25) is 4.79 Å². The topological polar surface area (TPSA) is 77.7 Å². The maximum atomic E-state index is 11.9. The zero-order valence-corrected chi connectivity index (χ0v) is 19.5. The molecule has 8 heteroatoms. The zero-order valence-electron chi connectivity index (χ0n) is 19.5. The van der Waals surface area contributed by atoms with Crippen LogP contribution in [0, 0.1) is 0 Å². The van der Waals surface area contributed by atoms with Gasteiger partial charge in [-0.25, -0.2) is 9.97 Å². The fourth-order valence-electron chi connectivity index (χ4n) is 4.53. The molecule has 1 amide bonds. The van der Waals surface area contributed by atoms with Crippen LogP contribution in [0.5, 0.6) is 0 Å². The van der Waals surface area contributed by atoms with E-state index in [1.54, 1.807) is 11.1 Å². The van der Waals surface area contributed by atoms with Crippen LogP contribution in [0.4, 0.5) is 17.3 Å². The Bertz CT molecular complexity index is 1160. The van der Waals surface area contributed by atoms with Crippen LogP contribution < -0.4 is 10.2 Å². The van der Waals surface area contributed by atoms with Crippen molar-refractivity contribution >= 4 is 23.2 Å². The molecule has 0 unspecified atom stereocenters. The Labute approximate surface area is 199 Å². The molecule has 1 N–H and O–H groups in total. The van der Waals surface area contributed by atoms with Crippen LogP contribution in [0.1, 0.15) is 18.2 Å². The summed E-state index contributed by atoms with van der Waals surface area (Å²) in [5.41, 5.74) is 4.00. The number of carbonyl (C=O) groups excluding carboxylic acids is 1. The minimum absolute atomic E-state index is 0.0774. The number of hydrogen-bond acceptors (Lipinski definition) is 7. The maximum Gasteiger partial charge on any atom is 0.246 e. The van der Waals surface area contributed by atoms with Gasteiger partial charge in [0, 0.05) is 50.3 Å². The van der Waals surface area contributed by atoms with Crippen molar-refractivity contribution in [1.29, 1.82) is 0 Å². The van der Waals surface area contributed by atoms with Gasteiger partial charge in [0.05, 0.1) is 6.54 Å². The van der Waals surface area contributed by atoms with Gasteiger partial charge in [-0.1, -0.05) is 13.5 Å². The van der Waals surface area contributed by atoms with Gasteiger partial charge < -0.3 is 24.4 Å². The molecule has 1 saturated heterocycles. The van der Waals surface area contributed by atoms with Crippen LogP contribution in [-0.2, 0) is 17.8 Å². The quantitative estimate of drug-likeness (QED) is 0.565. The molecular weight excluding hydrogens is 428 g/mol. The Balaban J connectivity index is 1.26. The number of anilines is 3. The summed E-state index contributed by atoms with van der Waals surface area (Å²) >= 11 is 0. The van der Waals surface area contributed by atoms with E-state index in [1.807, 2.05) is 12.1 Å². The third kappa shape index (κ3) is 4.68. The molecule has 2 aliphatic rings. The minimum Gasteiger partial charge on any atom is -0.457 e. The first kappa shape index (κ1) is 22.2. The fraction of sp³-hybridized carbons (Fsp3) is 0.346. The van der Waals surface area contributed by atoms with Crippen LogP contribution in [0.3, 0.4) is 0 Å². The highest BCUT2D eigenvalue weighted by atomic mass is 16.3. The molecule has 2 aliphatic heterocycles. The van der Waals surface area contributed by atoms with E-state index in [9.17, 15) is 4.79 Å². The first-order valence-electron chi connectivity index (χ1n) is 11.8. The molecule has 5 rings (SSSR count). The molecule has 0 radical (unpaired) electrons. The third-order valence-electron chi connectivity index (χ3n) is 6.58.